The normalized spacial score (nSPS) is 12.5. The van der Waals surface area contributed by atoms with Crippen molar-refractivity contribution in [2.24, 2.45) is 0 Å². The van der Waals surface area contributed by atoms with Crippen LogP contribution in [0.1, 0.15) is 31.4 Å². The average molecular weight is 740 g/mol. The standard InChI is InChI=1S/C35H38IN3O5S/c1-4-26(2)37-35(41)33(23-27-12-7-5-8-13-27)38(24-28-14-11-15-31(22-28)44-3)34(40)25-39(30-20-18-29(36)19-21-30)45(42,43)32-16-9-6-10-17-32/h5-22,26,33H,4,23-25H2,1-3H3,(H,37,41)/t26-,33+/m0/s1. The average Bonchev–Trinajstić information content (AvgIpc) is 3.06. The first-order chi connectivity index (χ1) is 21.6. The zero-order valence-corrected chi connectivity index (χ0v) is 28.6. The Labute approximate surface area is 279 Å². The van der Waals surface area contributed by atoms with E-state index in [9.17, 15) is 18.0 Å². The Morgan fingerprint density at radius 3 is 2.11 bits per heavy atom. The third kappa shape index (κ3) is 9.07. The van der Waals surface area contributed by atoms with Gasteiger partial charge in [-0.1, -0.05) is 67.6 Å². The van der Waals surface area contributed by atoms with Crippen LogP contribution in [-0.4, -0.2) is 50.9 Å². The summed E-state index contributed by atoms with van der Waals surface area (Å²) < 4.78 is 35.6. The van der Waals surface area contributed by atoms with Gasteiger partial charge in [0.05, 0.1) is 17.7 Å². The molecule has 10 heteroatoms. The fourth-order valence-electron chi connectivity index (χ4n) is 4.82. The molecular weight excluding hydrogens is 701 g/mol. The molecule has 0 unspecified atom stereocenters. The largest absolute Gasteiger partial charge is 0.497 e. The molecule has 0 aromatic heterocycles. The number of amides is 2. The second-order valence-corrected chi connectivity index (χ2v) is 13.8. The fourth-order valence-corrected chi connectivity index (χ4v) is 6.61. The van der Waals surface area contributed by atoms with E-state index in [1.807, 2.05) is 62.4 Å². The molecule has 0 spiro atoms. The van der Waals surface area contributed by atoms with Crippen molar-refractivity contribution < 1.29 is 22.7 Å². The number of carbonyl (C=O) groups is 2. The third-order valence-electron chi connectivity index (χ3n) is 7.48. The van der Waals surface area contributed by atoms with Crippen molar-refractivity contribution in [3.8, 4) is 5.75 Å². The van der Waals surface area contributed by atoms with Crippen LogP contribution < -0.4 is 14.4 Å². The van der Waals surface area contributed by atoms with Crippen molar-refractivity contribution in [2.45, 2.75) is 50.2 Å². The van der Waals surface area contributed by atoms with Gasteiger partial charge >= 0.3 is 0 Å². The number of carbonyl (C=O) groups excluding carboxylic acids is 2. The van der Waals surface area contributed by atoms with Crippen LogP contribution in [-0.2, 0) is 32.6 Å². The van der Waals surface area contributed by atoms with Gasteiger partial charge in [0.2, 0.25) is 11.8 Å². The van der Waals surface area contributed by atoms with Crippen LogP contribution in [0.3, 0.4) is 0 Å². The van der Waals surface area contributed by atoms with Crippen LogP contribution in [0.15, 0.2) is 114 Å². The van der Waals surface area contributed by atoms with Crippen LogP contribution in [0.5, 0.6) is 5.75 Å². The highest BCUT2D eigenvalue weighted by atomic mass is 127. The van der Waals surface area contributed by atoms with E-state index in [0.29, 0.717) is 17.9 Å². The van der Waals surface area contributed by atoms with E-state index in [1.165, 1.54) is 17.0 Å². The number of hydrogen-bond acceptors (Lipinski definition) is 5. The molecule has 0 heterocycles. The SMILES string of the molecule is CC[C@H](C)NC(=O)[C@@H](Cc1ccccc1)N(Cc1cccc(OC)c1)C(=O)CN(c1ccc(I)cc1)S(=O)(=O)c1ccccc1. The maximum atomic E-state index is 14.5. The van der Waals surface area contributed by atoms with Gasteiger partial charge in [-0.25, -0.2) is 8.42 Å². The van der Waals surface area contributed by atoms with Gasteiger partial charge in [-0.05, 0) is 95.6 Å². The summed E-state index contributed by atoms with van der Waals surface area (Å²) in [4.78, 5) is 30.0. The second-order valence-electron chi connectivity index (χ2n) is 10.7. The molecule has 45 heavy (non-hydrogen) atoms. The van der Waals surface area contributed by atoms with E-state index in [0.717, 1.165) is 19.0 Å². The molecule has 0 radical (unpaired) electrons. The smallest absolute Gasteiger partial charge is 0.264 e. The zero-order chi connectivity index (χ0) is 32.4. The lowest BCUT2D eigenvalue weighted by atomic mass is 10.0. The lowest BCUT2D eigenvalue weighted by Crippen LogP contribution is -2.54. The van der Waals surface area contributed by atoms with E-state index in [4.69, 9.17) is 4.74 Å². The maximum absolute atomic E-state index is 14.5. The first kappa shape index (κ1) is 34.0. The lowest BCUT2D eigenvalue weighted by molar-refractivity contribution is -0.140. The molecule has 4 aromatic carbocycles. The number of anilines is 1. The fraction of sp³-hybridized carbons (Fsp3) is 0.257. The van der Waals surface area contributed by atoms with Crippen molar-refractivity contribution in [3.05, 3.63) is 124 Å². The molecule has 0 saturated carbocycles. The zero-order valence-electron chi connectivity index (χ0n) is 25.6. The van der Waals surface area contributed by atoms with Crippen LogP contribution in [0.4, 0.5) is 5.69 Å². The monoisotopic (exact) mass is 739 g/mol. The summed E-state index contributed by atoms with van der Waals surface area (Å²) in [6.45, 7) is 3.44. The van der Waals surface area contributed by atoms with Gasteiger partial charge in [-0.3, -0.25) is 13.9 Å². The Hall–Kier alpha value is -3.90. The van der Waals surface area contributed by atoms with Crippen molar-refractivity contribution >= 4 is 50.1 Å². The van der Waals surface area contributed by atoms with Gasteiger partial charge in [0.15, 0.2) is 0 Å². The summed E-state index contributed by atoms with van der Waals surface area (Å²) in [5.41, 5.74) is 1.96. The Bertz CT molecular complexity index is 1670. The molecule has 0 aliphatic carbocycles. The molecule has 2 atom stereocenters. The molecular formula is C35H38IN3O5S. The van der Waals surface area contributed by atoms with Crippen molar-refractivity contribution in [2.75, 3.05) is 18.0 Å². The Morgan fingerprint density at radius 1 is 0.867 bits per heavy atom. The molecule has 0 aliphatic rings. The van der Waals surface area contributed by atoms with Crippen LogP contribution in [0.25, 0.3) is 0 Å². The van der Waals surface area contributed by atoms with Crippen molar-refractivity contribution in [3.63, 3.8) is 0 Å². The minimum atomic E-state index is -4.14. The second kappa shape index (κ2) is 15.9. The van der Waals surface area contributed by atoms with E-state index in [1.54, 1.807) is 55.6 Å². The van der Waals surface area contributed by atoms with Crippen molar-refractivity contribution in [1.82, 2.24) is 10.2 Å². The van der Waals surface area contributed by atoms with Gasteiger partial charge in [0, 0.05) is 22.6 Å². The first-order valence-corrected chi connectivity index (χ1v) is 17.2. The Kier molecular flexibility index (Phi) is 12.0. The number of ether oxygens (including phenoxy) is 1. The topological polar surface area (TPSA) is 96.0 Å². The van der Waals surface area contributed by atoms with Gasteiger partial charge in [0.25, 0.3) is 10.0 Å². The number of nitrogens with zero attached hydrogens (tertiary/aromatic N) is 2. The molecule has 2 amide bonds. The third-order valence-corrected chi connectivity index (χ3v) is 9.99. The highest BCUT2D eigenvalue weighted by Crippen LogP contribution is 2.26. The summed E-state index contributed by atoms with van der Waals surface area (Å²) in [5, 5.41) is 3.05. The predicted molar refractivity (Wildman–Crippen MR) is 186 cm³/mol. The molecule has 0 saturated heterocycles. The summed E-state index contributed by atoms with van der Waals surface area (Å²) >= 11 is 2.15. The Balaban J connectivity index is 1.81. The lowest BCUT2D eigenvalue weighted by Gasteiger charge is -2.34. The quantitative estimate of drug-likeness (QED) is 0.159. The summed E-state index contributed by atoms with van der Waals surface area (Å²) in [6, 6.07) is 30.7. The molecule has 0 aliphatic heterocycles. The maximum Gasteiger partial charge on any atom is 0.264 e. The van der Waals surface area contributed by atoms with Crippen LogP contribution in [0.2, 0.25) is 0 Å². The molecule has 236 valence electrons. The van der Waals surface area contributed by atoms with E-state index >= 15 is 0 Å². The molecule has 4 aromatic rings. The molecule has 1 N–H and O–H groups in total. The van der Waals surface area contributed by atoms with E-state index in [2.05, 4.69) is 27.9 Å². The van der Waals surface area contributed by atoms with Gasteiger partial charge < -0.3 is 15.0 Å². The number of rotatable bonds is 14. The first-order valence-electron chi connectivity index (χ1n) is 14.7. The van der Waals surface area contributed by atoms with Crippen LogP contribution >= 0.6 is 22.6 Å². The van der Waals surface area contributed by atoms with E-state index < -0.39 is 28.5 Å². The highest BCUT2D eigenvalue weighted by Gasteiger charge is 2.35. The van der Waals surface area contributed by atoms with Crippen LogP contribution in [0, 0.1) is 3.57 Å². The number of nitrogens with one attached hydrogen (secondary N) is 1. The Morgan fingerprint density at radius 2 is 1.49 bits per heavy atom. The summed E-state index contributed by atoms with van der Waals surface area (Å²) in [7, 11) is -2.58. The molecule has 8 nitrogen and oxygen atoms in total. The minimum absolute atomic E-state index is 0.0612. The molecule has 0 fully saturated rings. The van der Waals surface area contributed by atoms with Gasteiger partial charge in [0.1, 0.15) is 18.3 Å². The number of hydrogen-bond donors (Lipinski definition) is 1. The number of halogens is 1. The van der Waals surface area contributed by atoms with Gasteiger partial charge in [-0.15, -0.1) is 0 Å². The summed E-state index contributed by atoms with van der Waals surface area (Å²) in [6.07, 6.45) is 0.956. The van der Waals surface area contributed by atoms with Crippen molar-refractivity contribution in [1.29, 1.82) is 0 Å². The number of sulfonamides is 1. The van der Waals surface area contributed by atoms with Gasteiger partial charge in [-0.2, -0.15) is 0 Å². The predicted octanol–water partition coefficient (Wildman–Crippen LogP) is 6.05. The minimum Gasteiger partial charge on any atom is -0.497 e. The number of methoxy groups -OCH3 is 1. The molecule has 4 rings (SSSR count). The van der Waals surface area contributed by atoms with E-state index in [-0.39, 0.29) is 29.8 Å². The summed E-state index contributed by atoms with van der Waals surface area (Å²) in [5.74, 6) is -0.219. The molecule has 0 bridgehead atoms. The highest BCUT2D eigenvalue weighted by molar-refractivity contribution is 14.1. The number of benzene rings is 4.